The number of carbonyl (C=O) groups excluding carboxylic acids is 1. The zero-order chi connectivity index (χ0) is 21.9. The molecule has 0 amide bonds. The fourth-order valence-corrected chi connectivity index (χ4v) is 2.79. The van der Waals surface area contributed by atoms with Gasteiger partial charge in [0.1, 0.15) is 17.3 Å². The highest BCUT2D eigenvalue weighted by atomic mass is 19.4. The molecule has 0 fully saturated rings. The van der Waals surface area contributed by atoms with Gasteiger partial charge in [0.2, 0.25) is 5.78 Å². The lowest BCUT2D eigenvalue weighted by molar-refractivity contribution is -0.176. The smallest absolute Gasteiger partial charge is 0.416 e. The van der Waals surface area contributed by atoms with Crippen LogP contribution in [0.5, 0.6) is 11.5 Å². The van der Waals surface area contributed by atoms with Gasteiger partial charge < -0.3 is 4.74 Å². The molecule has 1 aliphatic carbocycles. The van der Waals surface area contributed by atoms with Crippen molar-refractivity contribution in [2.24, 2.45) is 0 Å². The van der Waals surface area contributed by atoms with Crippen LogP contribution in [0.15, 0.2) is 30.3 Å². The standard InChI is InChI=1S/C17H6F10O2/c18-7-3-6(17(25,26)27)4-8(5-7)29-10-2-1-9-11(12(10)14(19)20)13(28)16(23,24)15(9,21)22/h1-5,14H. The van der Waals surface area contributed by atoms with E-state index in [4.69, 9.17) is 4.74 Å². The molecule has 0 saturated heterocycles. The molecule has 3 rings (SSSR count). The van der Waals surface area contributed by atoms with Crippen molar-refractivity contribution in [3.63, 3.8) is 0 Å². The van der Waals surface area contributed by atoms with Gasteiger partial charge in [-0.25, -0.2) is 13.2 Å². The van der Waals surface area contributed by atoms with Crippen molar-refractivity contribution >= 4 is 5.78 Å². The number of ketones is 1. The second-order valence-corrected chi connectivity index (χ2v) is 5.95. The largest absolute Gasteiger partial charge is 0.457 e. The van der Waals surface area contributed by atoms with Crippen LogP contribution in [0.1, 0.15) is 33.5 Å². The van der Waals surface area contributed by atoms with Gasteiger partial charge in [0, 0.05) is 17.2 Å². The number of alkyl halides is 9. The highest BCUT2D eigenvalue weighted by Gasteiger charge is 2.70. The summed E-state index contributed by atoms with van der Waals surface area (Å²) >= 11 is 0. The molecule has 0 spiro atoms. The van der Waals surface area contributed by atoms with Gasteiger partial charge >= 0.3 is 18.0 Å². The van der Waals surface area contributed by atoms with E-state index in [2.05, 4.69) is 0 Å². The van der Waals surface area contributed by atoms with Gasteiger partial charge in [-0.05, 0) is 24.3 Å². The molecular formula is C17H6F10O2. The van der Waals surface area contributed by atoms with Gasteiger partial charge in [0.25, 0.3) is 6.43 Å². The average Bonchev–Trinajstić information content (AvgIpc) is 2.71. The Morgan fingerprint density at radius 2 is 1.55 bits per heavy atom. The summed E-state index contributed by atoms with van der Waals surface area (Å²) in [5.41, 5.74) is -6.59. The fourth-order valence-electron chi connectivity index (χ4n) is 2.79. The van der Waals surface area contributed by atoms with Gasteiger partial charge in [-0.2, -0.15) is 30.7 Å². The Morgan fingerprint density at radius 3 is 2.10 bits per heavy atom. The number of ether oxygens (including phenoxy) is 1. The van der Waals surface area contributed by atoms with Crippen LogP contribution in [0.3, 0.4) is 0 Å². The fraction of sp³-hybridized carbons (Fsp3) is 0.235. The van der Waals surface area contributed by atoms with Crippen LogP contribution < -0.4 is 4.74 Å². The molecule has 2 aromatic carbocycles. The van der Waals surface area contributed by atoms with E-state index in [-0.39, 0.29) is 18.2 Å². The number of hydrogen-bond acceptors (Lipinski definition) is 2. The lowest BCUT2D eigenvalue weighted by atomic mass is 10.0. The van der Waals surface area contributed by atoms with E-state index in [1.807, 2.05) is 0 Å². The molecular weight excluding hydrogens is 426 g/mol. The molecule has 0 bridgehead atoms. The lowest BCUT2D eigenvalue weighted by Crippen LogP contribution is -2.38. The predicted octanol–water partition coefficient (Wildman–Crippen LogP) is 6.50. The minimum absolute atomic E-state index is 0.0776. The van der Waals surface area contributed by atoms with Crippen molar-refractivity contribution in [3.05, 3.63) is 58.4 Å². The number of fused-ring (bicyclic) bond motifs is 1. The summed E-state index contributed by atoms with van der Waals surface area (Å²) < 4.78 is 138. The van der Waals surface area contributed by atoms with Crippen LogP contribution in [-0.4, -0.2) is 11.7 Å². The zero-order valence-corrected chi connectivity index (χ0v) is 13.6. The quantitative estimate of drug-likeness (QED) is 0.518. The third kappa shape index (κ3) is 3.19. The molecule has 0 N–H and O–H groups in total. The van der Waals surface area contributed by atoms with Crippen LogP contribution in [-0.2, 0) is 12.1 Å². The van der Waals surface area contributed by atoms with Crippen molar-refractivity contribution in [2.45, 2.75) is 24.4 Å². The number of halogens is 10. The first-order valence-electron chi connectivity index (χ1n) is 7.49. The molecule has 0 aromatic heterocycles. The summed E-state index contributed by atoms with van der Waals surface area (Å²) in [6.45, 7) is 0. The van der Waals surface area contributed by atoms with Gasteiger partial charge in [-0.15, -0.1) is 0 Å². The second-order valence-electron chi connectivity index (χ2n) is 5.95. The van der Waals surface area contributed by atoms with Gasteiger partial charge in [0.05, 0.1) is 11.1 Å². The summed E-state index contributed by atoms with van der Waals surface area (Å²) in [5, 5.41) is 0. The molecule has 1 aliphatic rings. The maximum Gasteiger partial charge on any atom is 0.416 e. The van der Waals surface area contributed by atoms with Gasteiger partial charge in [0.15, 0.2) is 0 Å². The maximum absolute atomic E-state index is 13.8. The van der Waals surface area contributed by atoms with Crippen molar-refractivity contribution in [1.29, 1.82) is 0 Å². The van der Waals surface area contributed by atoms with Crippen molar-refractivity contribution in [1.82, 2.24) is 0 Å². The van der Waals surface area contributed by atoms with Crippen LogP contribution in [0.2, 0.25) is 0 Å². The van der Waals surface area contributed by atoms with Crippen LogP contribution >= 0.6 is 0 Å². The number of benzene rings is 2. The number of carbonyl (C=O) groups is 1. The monoisotopic (exact) mass is 432 g/mol. The molecule has 2 nitrogen and oxygen atoms in total. The Hall–Kier alpha value is -2.79. The number of Topliss-reactive ketones (excluding diaryl/α,β-unsaturated/α-hetero) is 1. The Balaban J connectivity index is 2.16. The van der Waals surface area contributed by atoms with E-state index < -0.39 is 69.8 Å². The molecule has 0 aliphatic heterocycles. The number of rotatable bonds is 3. The van der Waals surface area contributed by atoms with Crippen molar-refractivity contribution < 1.29 is 53.4 Å². The van der Waals surface area contributed by atoms with Gasteiger partial charge in [-0.1, -0.05) is 0 Å². The highest BCUT2D eigenvalue weighted by molar-refractivity contribution is 6.08. The normalized spacial score (nSPS) is 17.6. The maximum atomic E-state index is 13.8. The molecule has 0 heterocycles. The topological polar surface area (TPSA) is 26.3 Å². The molecule has 2 aromatic rings. The van der Waals surface area contributed by atoms with E-state index in [9.17, 15) is 48.7 Å². The first-order chi connectivity index (χ1) is 13.2. The lowest BCUT2D eigenvalue weighted by Gasteiger charge is -2.17. The minimum Gasteiger partial charge on any atom is -0.457 e. The van der Waals surface area contributed by atoms with Crippen LogP contribution in [0.4, 0.5) is 43.9 Å². The molecule has 0 saturated carbocycles. The average molecular weight is 432 g/mol. The van der Waals surface area contributed by atoms with Crippen molar-refractivity contribution in [3.8, 4) is 11.5 Å². The summed E-state index contributed by atoms with van der Waals surface area (Å²) in [6.07, 6.45) is -8.83. The summed E-state index contributed by atoms with van der Waals surface area (Å²) in [6, 6.07) is 1.24. The van der Waals surface area contributed by atoms with E-state index in [1.54, 1.807) is 0 Å². The summed E-state index contributed by atoms with van der Waals surface area (Å²) in [4.78, 5) is 11.7. The van der Waals surface area contributed by atoms with Crippen molar-refractivity contribution in [2.75, 3.05) is 0 Å². The van der Waals surface area contributed by atoms with E-state index in [0.29, 0.717) is 12.1 Å². The molecule has 12 heteroatoms. The third-order valence-electron chi connectivity index (χ3n) is 4.10. The highest BCUT2D eigenvalue weighted by Crippen LogP contribution is 2.55. The van der Waals surface area contributed by atoms with Crippen LogP contribution in [0, 0.1) is 5.82 Å². The first-order valence-corrected chi connectivity index (χ1v) is 7.49. The Kier molecular flexibility index (Phi) is 4.59. The predicted molar refractivity (Wildman–Crippen MR) is 76.0 cm³/mol. The SMILES string of the molecule is O=C1c2c(ccc(Oc3cc(F)cc(C(F)(F)F)c3)c2C(F)F)C(F)(F)C1(F)F. The molecule has 0 unspecified atom stereocenters. The van der Waals surface area contributed by atoms with Gasteiger partial charge in [-0.3, -0.25) is 4.79 Å². The Morgan fingerprint density at radius 1 is 0.931 bits per heavy atom. The molecule has 0 radical (unpaired) electrons. The van der Waals surface area contributed by atoms with E-state index in [1.165, 1.54) is 0 Å². The molecule has 156 valence electrons. The third-order valence-corrected chi connectivity index (χ3v) is 4.10. The summed E-state index contributed by atoms with van der Waals surface area (Å²) in [5.74, 6) is -16.6. The number of hydrogen-bond donors (Lipinski definition) is 0. The first kappa shape index (κ1) is 20.9. The summed E-state index contributed by atoms with van der Waals surface area (Å²) in [7, 11) is 0. The van der Waals surface area contributed by atoms with Crippen LogP contribution in [0.25, 0.3) is 0 Å². The van der Waals surface area contributed by atoms with E-state index in [0.717, 1.165) is 0 Å². The molecule has 0 atom stereocenters. The Labute approximate surface area is 154 Å². The Bertz CT molecular complexity index is 994. The van der Waals surface area contributed by atoms with E-state index >= 15 is 0 Å². The zero-order valence-electron chi connectivity index (χ0n) is 13.6. The minimum atomic E-state index is -5.31. The molecule has 29 heavy (non-hydrogen) atoms. The second kappa shape index (κ2) is 6.36.